The van der Waals surface area contributed by atoms with Crippen LogP contribution in [0.5, 0.6) is 0 Å². The van der Waals surface area contributed by atoms with E-state index in [0.717, 1.165) is 29.8 Å². The van der Waals surface area contributed by atoms with Gasteiger partial charge in [0, 0.05) is 22.3 Å². The van der Waals surface area contributed by atoms with E-state index in [0.29, 0.717) is 6.54 Å². The smallest absolute Gasteiger partial charge is 0.310 e. The summed E-state index contributed by atoms with van der Waals surface area (Å²) in [4.78, 5) is 17.4. The van der Waals surface area contributed by atoms with Gasteiger partial charge in [0.2, 0.25) is 0 Å². The Kier molecular flexibility index (Phi) is 5.07. The van der Waals surface area contributed by atoms with Gasteiger partial charge in [-0.15, -0.1) is 11.3 Å². The van der Waals surface area contributed by atoms with Crippen molar-refractivity contribution in [2.45, 2.75) is 45.2 Å². The minimum Gasteiger partial charge on any atom is -0.310 e. The van der Waals surface area contributed by atoms with E-state index in [-0.39, 0.29) is 12.1 Å². The molecule has 0 saturated carbocycles. The number of benzene rings is 2. The molecule has 2 aromatic carbocycles. The van der Waals surface area contributed by atoms with E-state index in [4.69, 9.17) is 0 Å². The molecule has 5 heteroatoms. The van der Waals surface area contributed by atoms with Crippen LogP contribution in [0.1, 0.15) is 51.7 Å². The maximum absolute atomic E-state index is 13.8. The average molecular weight is 454 g/mol. The molecule has 0 fully saturated rings. The molecule has 0 radical (unpaired) electrons. The zero-order valence-electron chi connectivity index (χ0n) is 18.8. The molecule has 2 amide bonds. The zero-order chi connectivity index (χ0) is 22.4. The van der Waals surface area contributed by atoms with E-state index in [1.54, 1.807) is 0 Å². The fourth-order valence-corrected chi connectivity index (χ4v) is 6.70. The predicted octanol–water partition coefficient (Wildman–Crippen LogP) is 6.86. The second-order valence-corrected chi connectivity index (χ2v) is 10.1. The molecule has 2 aliphatic rings. The van der Waals surface area contributed by atoms with Gasteiger partial charge in [0.25, 0.3) is 0 Å². The number of nitrogens with one attached hydrogen (secondary N) is 1. The van der Waals surface area contributed by atoms with Crippen molar-refractivity contribution in [3.05, 3.63) is 106 Å². The summed E-state index contributed by atoms with van der Waals surface area (Å²) < 4.78 is 2.33. The number of rotatable bonds is 2. The predicted molar refractivity (Wildman–Crippen MR) is 134 cm³/mol. The molecule has 0 spiro atoms. The number of aryl methyl sites for hydroxylation is 2. The first-order chi connectivity index (χ1) is 16.2. The lowest BCUT2D eigenvalue weighted by Gasteiger charge is -2.31. The SMILES string of the molecule is Cc1cccc([C@@H]2c3cccn3-c3sc4c(c3CN2C(=O)Nc2ccccc2)CCCC4)c1. The molecule has 6 rings (SSSR count). The number of hydrogen-bond acceptors (Lipinski definition) is 2. The van der Waals surface area contributed by atoms with Crippen molar-refractivity contribution in [2.75, 3.05) is 5.32 Å². The molecule has 33 heavy (non-hydrogen) atoms. The van der Waals surface area contributed by atoms with E-state index in [1.807, 2.05) is 46.6 Å². The summed E-state index contributed by atoms with van der Waals surface area (Å²) in [6.45, 7) is 2.72. The first kappa shape index (κ1) is 20.3. The third kappa shape index (κ3) is 3.57. The summed E-state index contributed by atoms with van der Waals surface area (Å²) in [5.74, 6) is 0. The van der Waals surface area contributed by atoms with Gasteiger partial charge in [-0.05, 0) is 68.0 Å². The molecule has 4 nitrogen and oxygen atoms in total. The fraction of sp³-hybridized carbons (Fsp3) is 0.250. The van der Waals surface area contributed by atoms with Crippen molar-refractivity contribution in [1.82, 2.24) is 9.47 Å². The van der Waals surface area contributed by atoms with Crippen molar-refractivity contribution in [3.8, 4) is 5.00 Å². The molecule has 0 unspecified atom stereocenters. The molecule has 0 saturated heterocycles. The average Bonchev–Trinajstić information content (AvgIpc) is 3.41. The van der Waals surface area contributed by atoms with Crippen LogP contribution in [0.2, 0.25) is 0 Å². The molecule has 2 aromatic heterocycles. The number of thiophene rings is 1. The highest BCUT2D eigenvalue weighted by molar-refractivity contribution is 7.15. The summed E-state index contributed by atoms with van der Waals surface area (Å²) in [7, 11) is 0. The maximum atomic E-state index is 13.8. The van der Waals surface area contributed by atoms with Crippen molar-refractivity contribution in [1.29, 1.82) is 0 Å². The Bertz CT molecular complexity index is 1320. The summed E-state index contributed by atoms with van der Waals surface area (Å²) in [5, 5.41) is 4.45. The number of anilines is 1. The highest BCUT2D eigenvalue weighted by Gasteiger charge is 2.36. The van der Waals surface area contributed by atoms with Crippen LogP contribution in [0.15, 0.2) is 72.9 Å². The Morgan fingerprint density at radius 3 is 2.67 bits per heavy atom. The standard InChI is InChI=1S/C28H27N3OS/c1-19-9-7-10-20(17-19)26-24-14-8-16-30(24)27-23(22-13-5-6-15-25(22)33-27)18-31(26)28(32)29-21-11-3-2-4-12-21/h2-4,7-12,14,16-17,26H,5-6,13,15,18H2,1H3,(H,29,32)/t26-/m1/s1. The Balaban J connectivity index is 1.51. The third-order valence-electron chi connectivity index (χ3n) is 6.82. The lowest BCUT2D eigenvalue weighted by atomic mass is 9.95. The molecule has 1 atom stereocenters. The van der Waals surface area contributed by atoms with Gasteiger partial charge in [-0.2, -0.15) is 0 Å². The van der Waals surface area contributed by atoms with Crippen molar-refractivity contribution >= 4 is 23.1 Å². The fourth-order valence-electron chi connectivity index (χ4n) is 5.29. The van der Waals surface area contributed by atoms with Gasteiger partial charge in [0.15, 0.2) is 0 Å². The lowest BCUT2D eigenvalue weighted by Crippen LogP contribution is -2.38. The van der Waals surface area contributed by atoms with Gasteiger partial charge < -0.3 is 14.8 Å². The summed E-state index contributed by atoms with van der Waals surface area (Å²) in [5.41, 5.74) is 7.10. The molecular weight excluding hydrogens is 426 g/mol. The van der Waals surface area contributed by atoms with E-state index in [9.17, 15) is 4.79 Å². The van der Waals surface area contributed by atoms with Crippen molar-refractivity contribution in [2.24, 2.45) is 0 Å². The first-order valence-electron chi connectivity index (χ1n) is 11.7. The highest BCUT2D eigenvalue weighted by Crippen LogP contribution is 2.44. The van der Waals surface area contributed by atoms with Crippen LogP contribution in [0, 0.1) is 6.92 Å². The normalized spacial score (nSPS) is 17.0. The number of carbonyl (C=O) groups is 1. The maximum Gasteiger partial charge on any atom is 0.322 e. The summed E-state index contributed by atoms with van der Waals surface area (Å²) in [6, 6.07) is 22.4. The van der Waals surface area contributed by atoms with E-state index < -0.39 is 0 Å². The van der Waals surface area contributed by atoms with Crippen LogP contribution < -0.4 is 5.32 Å². The van der Waals surface area contributed by atoms with Gasteiger partial charge in [-0.25, -0.2) is 4.79 Å². The number of fused-ring (bicyclic) bond motifs is 5. The summed E-state index contributed by atoms with van der Waals surface area (Å²) >= 11 is 1.92. The minimum absolute atomic E-state index is 0.0657. The number of amides is 2. The second kappa shape index (κ2) is 8.23. The van der Waals surface area contributed by atoms with Crippen LogP contribution in [0.25, 0.3) is 5.00 Å². The topological polar surface area (TPSA) is 37.3 Å². The van der Waals surface area contributed by atoms with Crippen LogP contribution in [0.4, 0.5) is 10.5 Å². The second-order valence-electron chi connectivity index (χ2n) is 9.04. The molecule has 1 aliphatic heterocycles. The Hall–Kier alpha value is -3.31. The molecular formula is C28H27N3OS. The van der Waals surface area contributed by atoms with E-state index in [2.05, 4.69) is 59.4 Å². The Labute approximate surface area is 198 Å². The molecule has 1 N–H and O–H groups in total. The van der Waals surface area contributed by atoms with Crippen LogP contribution in [-0.4, -0.2) is 15.5 Å². The first-order valence-corrected chi connectivity index (χ1v) is 12.5. The number of urea groups is 1. The van der Waals surface area contributed by atoms with Crippen LogP contribution in [0.3, 0.4) is 0 Å². The molecule has 166 valence electrons. The minimum atomic E-state index is -0.164. The van der Waals surface area contributed by atoms with E-state index in [1.165, 1.54) is 39.4 Å². The number of para-hydroxylation sites is 1. The number of nitrogens with zero attached hydrogens (tertiary/aromatic N) is 2. The van der Waals surface area contributed by atoms with E-state index >= 15 is 0 Å². The Morgan fingerprint density at radius 1 is 0.970 bits per heavy atom. The third-order valence-corrected chi connectivity index (χ3v) is 8.16. The summed E-state index contributed by atoms with van der Waals surface area (Å²) in [6.07, 6.45) is 6.92. The number of aromatic nitrogens is 1. The molecule has 1 aliphatic carbocycles. The molecule has 3 heterocycles. The van der Waals surface area contributed by atoms with Gasteiger partial charge in [-0.1, -0.05) is 48.0 Å². The van der Waals surface area contributed by atoms with Crippen molar-refractivity contribution < 1.29 is 4.79 Å². The van der Waals surface area contributed by atoms with Crippen molar-refractivity contribution in [3.63, 3.8) is 0 Å². The molecule has 0 bridgehead atoms. The number of hydrogen-bond donors (Lipinski definition) is 1. The highest BCUT2D eigenvalue weighted by atomic mass is 32.1. The van der Waals surface area contributed by atoms with Gasteiger partial charge in [-0.3, -0.25) is 0 Å². The lowest BCUT2D eigenvalue weighted by molar-refractivity contribution is 0.194. The van der Waals surface area contributed by atoms with Gasteiger partial charge >= 0.3 is 6.03 Å². The van der Waals surface area contributed by atoms with Crippen LogP contribution >= 0.6 is 11.3 Å². The quantitative estimate of drug-likeness (QED) is 0.354. The number of carbonyl (C=O) groups excluding carboxylic acids is 1. The van der Waals surface area contributed by atoms with Gasteiger partial charge in [0.1, 0.15) is 5.00 Å². The molecule has 4 aromatic rings. The monoisotopic (exact) mass is 453 g/mol. The zero-order valence-corrected chi connectivity index (χ0v) is 19.6. The Morgan fingerprint density at radius 2 is 1.82 bits per heavy atom. The largest absolute Gasteiger partial charge is 0.322 e. The van der Waals surface area contributed by atoms with Crippen LogP contribution in [-0.2, 0) is 19.4 Å². The van der Waals surface area contributed by atoms with Gasteiger partial charge in [0.05, 0.1) is 18.3 Å².